The van der Waals surface area contributed by atoms with Crippen molar-refractivity contribution in [3.63, 3.8) is 0 Å². The Labute approximate surface area is 139 Å². The maximum absolute atomic E-state index is 5.47. The molecule has 1 aromatic rings. The van der Waals surface area contributed by atoms with Crippen LogP contribution in [0.1, 0.15) is 12.0 Å². The van der Waals surface area contributed by atoms with Crippen molar-refractivity contribution in [3.8, 4) is 5.75 Å². The summed E-state index contributed by atoms with van der Waals surface area (Å²) in [6, 6.07) is 6.18. The average molecular weight is 365 g/mol. The molecule has 0 spiro atoms. The predicted molar refractivity (Wildman–Crippen MR) is 93.0 cm³/mol. The van der Waals surface area contributed by atoms with Gasteiger partial charge in [-0.3, -0.25) is 9.89 Å². The number of methoxy groups -OCH3 is 1. The van der Waals surface area contributed by atoms with Crippen molar-refractivity contribution in [2.24, 2.45) is 9.98 Å². The lowest BCUT2D eigenvalue weighted by Crippen LogP contribution is -2.48. The molecule has 0 unspecified atom stereocenters. The normalized spacial score (nSPS) is 19.2. The Kier molecular flexibility index (Phi) is 5.10. The van der Waals surface area contributed by atoms with E-state index in [1.807, 2.05) is 12.1 Å². The summed E-state index contributed by atoms with van der Waals surface area (Å²) in [5, 5.41) is 0. The van der Waals surface area contributed by atoms with Crippen molar-refractivity contribution in [3.05, 3.63) is 28.2 Å². The second-order valence-electron chi connectivity index (χ2n) is 5.54. The number of piperazine rings is 1. The second kappa shape index (κ2) is 7.24. The number of halogens is 1. The topological polar surface area (TPSA) is 40.4 Å². The van der Waals surface area contributed by atoms with E-state index in [9.17, 15) is 0 Å². The Morgan fingerprint density at radius 2 is 2.05 bits per heavy atom. The summed E-state index contributed by atoms with van der Waals surface area (Å²) in [6.07, 6.45) is 2.66. The fourth-order valence-corrected chi connectivity index (χ4v) is 3.32. The zero-order chi connectivity index (χ0) is 15.4. The molecule has 5 nitrogen and oxygen atoms in total. The van der Waals surface area contributed by atoms with Gasteiger partial charge in [-0.1, -0.05) is 15.9 Å². The van der Waals surface area contributed by atoms with E-state index < -0.39 is 0 Å². The van der Waals surface area contributed by atoms with Crippen LogP contribution >= 0.6 is 15.9 Å². The maximum Gasteiger partial charge on any atom is 0.123 e. The third-order valence-corrected chi connectivity index (χ3v) is 4.62. The highest BCUT2D eigenvalue weighted by Crippen LogP contribution is 2.24. The number of hydrogen-bond donors (Lipinski definition) is 0. The van der Waals surface area contributed by atoms with Gasteiger partial charge in [0.15, 0.2) is 0 Å². The molecule has 2 aliphatic rings. The van der Waals surface area contributed by atoms with Gasteiger partial charge < -0.3 is 9.64 Å². The maximum atomic E-state index is 5.47. The fraction of sp³-hybridized carbons (Fsp3) is 0.500. The lowest BCUT2D eigenvalue weighted by Gasteiger charge is -2.37. The van der Waals surface area contributed by atoms with Crippen LogP contribution in [0.3, 0.4) is 0 Å². The number of nitrogens with zero attached hydrogens (tertiary/aromatic N) is 4. The van der Waals surface area contributed by atoms with Crippen LogP contribution in [0.2, 0.25) is 0 Å². The number of aliphatic imine (C=N–C) groups is 2. The standard InChI is InChI=1S/C16H21BrN4O/c1-22-15-3-2-14(17)10-13(15)11-20-6-8-21(9-7-20)16-4-5-18-12-19-16/h2-3,10,12H,4-9,11H2,1H3. The number of amidine groups is 1. The summed E-state index contributed by atoms with van der Waals surface area (Å²) in [5.41, 5.74) is 1.23. The zero-order valence-corrected chi connectivity index (χ0v) is 14.4. The molecule has 2 heterocycles. The highest BCUT2D eigenvalue weighted by atomic mass is 79.9. The quantitative estimate of drug-likeness (QED) is 0.826. The van der Waals surface area contributed by atoms with E-state index in [2.05, 4.69) is 41.8 Å². The Balaban J connectivity index is 1.59. The minimum Gasteiger partial charge on any atom is -0.496 e. The van der Waals surface area contributed by atoms with Crippen molar-refractivity contribution < 1.29 is 4.74 Å². The van der Waals surface area contributed by atoms with Crippen molar-refractivity contribution in [2.75, 3.05) is 39.8 Å². The lowest BCUT2D eigenvalue weighted by atomic mass is 10.1. The highest BCUT2D eigenvalue weighted by molar-refractivity contribution is 9.10. The van der Waals surface area contributed by atoms with Gasteiger partial charge in [-0.05, 0) is 18.2 Å². The molecule has 0 saturated carbocycles. The highest BCUT2D eigenvalue weighted by Gasteiger charge is 2.21. The van der Waals surface area contributed by atoms with E-state index in [0.29, 0.717) is 0 Å². The number of rotatable bonds is 3. The SMILES string of the molecule is COc1ccc(Br)cc1CN1CCN(C2=NC=NCC2)CC1. The van der Waals surface area contributed by atoms with Crippen LogP contribution in [0, 0.1) is 0 Å². The van der Waals surface area contributed by atoms with E-state index in [1.165, 1.54) is 11.4 Å². The molecule has 2 aliphatic heterocycles. The summed E-state index contributed by atoms with van der Waals surface area (Å²) >= 11 is 3.54. The molecule has 0 atom stereocenters. The molecular weight excluding hydrogens is 344 g/mol. The van der Waals surface area contributed by atoms with Gasteiger partial charge in [0, 0.05) is 55.7 Å². The largest absolute Gasteiger partial charge is 0.496 e. The summed E-state index contributed by atoms with van der Waals surface area (Å²) < 4.78 is 6.56. The van der Waals surface area contributed by atoms with E-state index in [1.54, 1.807) is 13.4 Å². The van der Waals surface area contributed by atoms with Crippen molar-refractivity contribution >= 4 is 28.1 Å². The molecule has 3 rings (SSSR count). The van der Waals surface area contributed by atoms with E-state index >= 15 is 0 Å². The Hall–Kier alpha value is -1.40. The first-order chi connectivity index (χ1) is 10.8. The number of ether oxygens (including phenoxy) is 1. The Bertz CT molecular complexity index is 580. The van der Waals surface area contributed by atoms with Gasteiger partial charge in [-0.15, -0.1) is 0 Å². The molecule has 1 fully saturated rings. The molecule has 0 aliphatic carbocycles. The molecule has 0 bridgehead atoms. The van der Waals surface area contributed by atoms with Gasteiger partial charge in [-0.2, -0.15) is 0 Å². The van der Waals surface area contributed by atoms with Crippen LogP contribution in [0.25, 0.3) is 0 Å². The third-order valence-electron chi connectivity index (χ3n) is 4.13. The van der Waals surface area contributed by atoms with Crippen molar-refractivity contribution in [1.82, 2.24) is 9.80 Å². The zero-order valence-electron chi connectivity index (χ0n) is 12.8. The first-order valence-electron chi connectivity index (χ1n) is 7.61. The van der Waals surface area contributed by atoms with Crippen LogP contribution in [-0.2, 0) is 6.54 Å². The molecular formula is C16H21BrN4O. The smallest absolute Gasteiger partial charge is 0.123 e. The van der Waals surface area contributed by atoms with E-state index in [-0.39, 0.29) is 0 Å². The lowest BCUT2D eigenvalue weighted by molar-refractivity contribution is 0.172. The van der Waals surface area contributed by atoms with Gasteiger partial charge >= 0.3 is 0 Å². The molecule has 1 aromatic carbocycles. The van der Waals surface area contributed by atoms with Crippen LogP contribution in [0.15, 0.2) is 32.7 Å². The van der Waals surface area contributed by atoms with Gasteiger partial charge in [-0.25, -0.2) is 4.99 Å². The first-order valence-corrected chi connectivity index (χ1v) is 8.40. The van der Waals surface area contributed by atoms with Gasteiger partial charge in [0.2, 0.25) is 0 Å². The number of hydrogen-bond acceptors (Lipinski definition) is 5. The monoisotopic (exact) mass is 364 g/mol. The summed E-state index contributed by atoms with van der Waals surface area (Å²) in [4.78, 5) is 13.4. The minimum atomic E-state index is 0.869. The predicted octanol–water partition coefficient (Wildman–Crippen LogP) is 2.41. The molecule has 118 valence electrons. The summed E-state index contributed by atoms with van der Waals surface area (Å²) in [7, 11) is 1.73. The van der Waals surface area contributed by atoms with Crippen LogP contribution in [0.5, 0.6) is 5.75 Å². The van der Waals surface area contributed by atoms with Crippen LogP contribution < -0.4 is 4.74 Å². The minimum absolute atomic E-state index is 0.869. The summed E-state index contributed by atoms with van der Waals surface area (Å²) in [6.45, 7) is 5.95. The molecule has 1 saturated heterocycles. The Morgan fingerprint density at radius 1 is 1.23 bits per heavy atom. The van der Waals surface area contributed by atoms with Crippen molar-refractivity contribution in [2.45, 2.75) is 13.0 Å². The summed E-state index contributed by atoms with van der Waals surface area (Å²) in [5.74, 6) is 2.15. The third kappa shape index (κ3) is 3.67. The fourth-order valence-electron chi connectivity index (χ4n) is 2.91. The Morgan fingerprint density at radius 3 is 2.73 bits per heavy atom. The average Bonchev–Trinajstić information content (AvgIpc) is 2.57. The molecule has 6 heteroatoms. The first kappa shape index (κ1) is 15.5. The van der Waals surface area contributed by atoms with Crippen LogP contribution in [-0.4, -0.2) is 61.8 Å². The number of benzene rings is 1. The molecule has 0 radical (unpaired) electrons. The molecule has 0 aromatic heterocycles. The van der Waals surface area contributed by atoms with Gasteiger partial charge in [0.05, 0.1) is 7.11 Å². The van der Waals surface area contributed by atoms with E-state index in [4.69, 9.17) is 4.74 Å². The molecule has 0 N–H and O–H groups in total. The van der Waals surface area contributed by atoms with E-state index in [0.717, 1.165) is 55.9 Å². The van der Waals surface area contributed by atoms with Crippen molar-refractivity contribution in [1.29, 1.82) is 0 Å². The van der Waals surface area contributed by atoms with Crippen LogP contribution in [0.4, 0.5) is 0 Å². The second-order valence-corrected chi connectivity index (χ2v) is 6.45. The molecule has 0 amide bonds. The van der Waals surface area contributed by atoms with Gasteiger partial charge in [0.1, 0.15) is 17.9 Å². The molecule has 22 heavy (non-hydrogen) atoms. The van der Waals surface area contributed by atoms with Gasteiger partial charge in [0.25, 0.3) is 0 Å².